The highest BCUT2D eigenvalue weighted by atomic mass is 35.5. The van der Waals surface area contributed by atoms with Gasteiger partial charge in [-0.3, -0.25) is 14.7 Å². The summed E-state index contributed by atoms with van der Waals surface area (Å²) in [5.41, 5.74) is 1.83. The third kappa shape index (κ3) is 5.57. The molecule has 0 aliphatic rings. The number of nitrogens with one attached hydrogen (secondary N) is 2. The van der Waals surface area contributed by atoms with Gasteiger partial charge in [-0.1, -0.05) is 32.4 Å². The Balaban J connectivity index is 1.52. The molecule has 0 saturated carbocycles. The van der Waals surface area contributed by atoms with Crippen LogP contribution in [0.4, 0.5) is 20.7 Å². The summed E-state index contributed by atoms with van der Waals surface area (Å²) in [4.78, 5) is 21.0. The van der Waals surface area contributed by atoms with Gasteiger partial charge in [-0.25, -0.2) is 14.2 Å². The minimum absolute atomic E-state index is 0.000132. The highest BCUT2D eigenvalue weighted by Crippen LogP contribution is 2.33. The Morgan fingerprint density at radius 2 is 1.94 bits per heavy atom. The number of aromatic nitrogens is 6. The molecule has 4 aromatic rings. The molecule has 3 heterocycles. The SMILES string of the molecule is Cn1cc(-c2ccnc(Oc3cc(NC(=O)Nc4cc(C(C)(C)C)nn4C)c(F)cc3Cl)n2)cn1. The number of carbonyl (C=O) groups excluding carboxylic acids is 1. The smallest absolute Gasteiger partial charge is 0.324 e. The normalized spacial score (nSPS) is 11.4. The van der Waals surface area contributed by atoms with Gasteiger partial charge >= 0.3 is 12.0 Å². The number of anilines is 2. The number of aryl methyl sites for hydroxylation is 2. The molecule has 0 atom stereocenters. The van der Waals surface area contributed by atoms with E-state index >= 15 is 0 Å². The molecule has 1 aromatic carbocycles. The molecule has 0 saturated heterocycles. The van der Waals surface area contributed by atoms with Gasteiger partial charge in [0.15, 0.2) is 5.75 Å². The molecule has 0 aliphatic heterocycles. The van der Waals surface area contributed by atoms with E-state index in [1.165, 1.54) is 12.3 Å². The highest BCUT2D eigenvalue weighted by molar-refractivity contribution is 6.32. The monoisotopic (exact) mass is 498 g/mol. The van der Waals surface area contributed by atoms with Gasteiger partial charge in [-0.2, -0.15) is 15.2 Å². The zero-order valence-corrected chi connectivity index (χ0v) is 20.6. The second-order valence-corrected chi connectivity index (χ2v) is 9.27. The molecule has 2 N–H and O–H groups in total. The van der Waals surface area contributed by atoms with Crippen molar-refractivity contribution in [1.29, 1.82) is 0 Å². The van der Waals surface area contributed by atoms with Crippen molar-refractivity contribution in [3.63, 3.8) is 0 Å². The van der Waals surface area contributed by atoms with Crippen molar-refractivity contribution in [3.05, 3.63) is 59.4 Å². The molecule has 2 amide bonds. The van der Waals surface area contributed by atoms with Crippen molar-refractivity contribution in [2.24, 2.45) is 14.1 Å². The second kappa shape index (κ2) is 9.34. The van der Waals surface area contributed by atoms with E-state index in [1.807, 2.05) is 20.8 Å². The Morgan fingerprint density at radius 3 is 2.60 bits per heavy atom. The van der Waals surface area contributed by atoms with Crippen LogP contribution in [0.5, 0.6) is 11.8 Å². The van der Waals surface area contributed by atoms with Crippen LogP contribution in [0, 0.1) is 5.82 Å². The van der Waals surface area contributed by atoms with Gasteiger partial charge in [0.25, 0.3) is 0 Å². The number of carbonyl (C=O) groups is 1. The lowest BCUT2D eigenvalue weighted by Gasteiger charge is -2.13. The summed E-state index contributed by atoms with van der Waals surface area (Å²) in [5, 5.41) is 13.7. The highest BCUT2D eigenvalue weighted by Gasteiger charge is 2.20. The summed E-state index contributed by atoms with van der Waals surface area (Å²) in [5.74, 6) is -0.205. The molecule has 0 aliphatic carbocycles. The molecule has 35 heavy (non-hydrogen) atoms. The Labute approximate surface area is 206 Å². The molecular weight excluding hydrogens is 475 g/mol. The average Bonchev–Trinajstić information content (AvgIpc) is 3.37. The maximum absolute atomic E-state index is 14.6. The first-order chi connectivity index (χ1) is 16.5. The van der Waals surface area contributed by atoms with E-state index in [0.717, 1.165) is 17.3 Å². The van der Waals surface area contributed by atoms with E-state index in [1.54, 1.807) is 48.0 Å². The average molecular weight is 499 g/mol. The molecule has 0 unspecified atom stereocenters. The number of benzene rings is 1. The minimum atomic E-state index is -0.733. The van der Waals surface area contributed by atoms with Crippen molar-refractivity contribution >= 4 is 29.1 Å². The fraction of sp³-hybridized carbons (Fsp3) is 0.261. The van der Waals surface area contributed by atoms with Gasteiger partial charge in [0.2, 0.25) is 0 Å². The second-order valence-electron chi connectivity index (χ2n) is 8.86. The summed E-state index contributed by atoms with van der Waals surface area (Å²) >= 11 is 6.17. The third-order valence-electron chi connectivity index (χ3n) is 4.99. The van der Waals surface area contributed by atoms with Crippen LogP contribution in [0.15, 0.2) is 42.9 Å². The van der Waals surface area contributed by atoms with Crippen molar-refractivity contribution in [2.75, 3.05) is 10.6 Å². The zero-order chi connectivity index (χ0) is 25.3. The molecule has 12 heteroatoms. The maximum atomic E-state index is 14.6. The Kier molecular flexibility index (Phi) is 6.44. The molecule has 3 aromatic heterocycles. The summed E-state index contributed by atoms with van der Waals surface area (Å²) < 4.78 is 23.4. The van der Waals surface area contributed by atoms with E-state index in [4.69, 9.17) is 16.3 Å². The summed E-state index contributed by atoms with van der Waals surface area (Å²) in [7, 11) is 3.50. The molecule has 182 valence electrons. The van der Waals surface area contributed by atoms with Crippen molar-refractivity contribution in [2.45, 2.75) is 26.2 Å². The number of amides is 2. The molecule has 0 radical (unpaired) electrons. The van der Waals surface area contributed by atoms with Crippen LogP contribution in [0.2, 0.25) is 5.02 Å². The van der Waals surface area contributed by atoms with E-state index < -0.39 is 11.8 Å². The number of halogens is 2. The van der Waals surface area contributed by atoms with E-state index in [-0.39, 0.29) is 27.9 Å². The number of hydrogen-bond acceptors (Lipinski definition) is 6. The topological polar surface area (TPSA) is 112 Å². The van der Waals surface area contributed by atoms with Crippen LogP contribution in [-0.4, -0.2) is 35.6 Å². The van der Waals surface area contributed by atoms with Crippen LogP contribution in [0.25, 0.3) is 11.3 Å². The zero-order valence-electron chi connectivity index (χ0n) is 19.8. The summed E-state index contributed by atoms with van der Waals surface area (Å²) in [6, 6.07) is 5.12. The van der Waals surface area contributed by atoms with E-state index in [2.05, 4.69) is 30.8 Å². The van der Waals surface area contributed by atoms with Gasteiger partial charge in [0.1, 0.15) is 11.6 Å². The number of rotatable bonds is 5. The van der Waals surface area contributed by atoms with Gasteiger partial charge < -0.3 is 10.1 Å². The fourth-order valence-electron chi connectivity index (χ4n) is 3.13. The number of urea groups is 1. The largest absolute Gasteiger partial charge is 0.423 e. The first-order valence-electron chi connectivity index (χ1n) is 10.6. The predicted molar refractivity (Wildman–Crippen MR) is 130 cm³/mol. The molecular formula is C23H24ClFN8O2. The minimum Gasteiger partial charge on any atom is -0.423 e. The molecule has 4 rings (SSSR count). The van der Waals surface area contributed by atoms with Gasteiger partial charge in [0.05, 0.1) is 28.3 Å². The van der Waals surface area contributed by atoms with Crippen molar-refractivity contribution < 1.29 is 13.9 Å². The summed E-state index contributed by atoms with van der Waals surface area (Å²) in [6.45, 7) is 6.04. The van der Waals surface area contributed by atoms with Crippen LogP contribution in [0.3, 0.4) is 0 Å². The van der Waals surface area contributed by atoms with Crippen molar-refractivity contribution in [3.8, 4) is 23.0 Å². The number of ether oxygens (including phenoxy) is 1. The Bertz CT molecular complexity index is 1390. The van der Waals surface area contributed by atoms with Crippen LogP contribution < -0.4 is 15.4 Å². The van der Waals surface area contributed by atoms with Crippen LogP contribution >= 0.6 is 11.6 Å². The molecule has 0 spiro atoms. The Hall–Kier alpha value is -3.99. The predicted octanol–water partition coefficient (Wildman–Crippen LogP) is 5.14. The maximum Gasteiger partial charge on any atom is 0.324 e. The van der Waals surface area contributed by atoms with E-state index in [9.17, 15) is 9.18 Å². The van der Waals surface area contributed by atoms with E-state index in [0.29, 0.717) is 11.5 Å². The van der Waals surface area contributed by atoms with Crippen LogP contribution in [0.1, 0.15) is 26.5 Å². The van der Waals surface area contributed by atoms with Gasteiger partial charge in [-0.05, 0) is 12.1 Å². The van der Waals surface area contributed by atoms with Crippen molar-refractivity contribution in [1.82, 2.24) is 29.5 Å². The summed E-state index contributed by atoms with van der Waals surface area (Å²) in [6.07, 6.45) is 4.98. The molecule has 10 nitrogen and oxygen atoms in total. The molecule has 0 bridgehead atoms. The van der Waals surface area contributed by atoms with Gasteiger partial charge in [-0.15, -0.1) is 0 Å². The first-order valence-corrected chi connectivity index (χ1v) is 11.0. The van der Waals surface area contributed by atoms with Gasteiger partial charge in [0, 0.05) is 49.6 Å². The lowest BCUT2D eigenvalue weighted by Crippen LogP contribution is -2.21. The Morgan fingerprint density at radius 1 is 1.17 bits per heavy atom. The lowest BCUT2D eigenvalue weighted by atomic mass is 9.92. The van der Waals surface area contributed by atoms with Crippen LogP contribution in [-0.2, 0) is 19.5 Å². The fourth-order valence-corrected chi connectivity index (χ4v) is 3.32. The third-order valence-corrected chi connectivity index (χ3v) is 5.29. The quantitative estimate of drug-likeness (QED) is 0.394. The number of hydrogen-bond donors (Lipinski definition) is 2. The lowest BCUT2D eigenvalue weighted by molar-refractivity contribution is 0.262. The molecule has 0 fully saturated rings. The number of nitrogens with zero attached hydrogens (tertiary/aromatic N) is 6. The standard InChI is InChI=1S/C23H24ClFN8O2/c1-23(2,3)19-10-20(33(5)31-19)30-21(34)28-17-9-18(14(24)8-15(17)25)35-22-26-7-6-16(29-22)13-11-27-32(4)12-13/h6-12H,1-5H3,(H2,28,30,34). The first kappa shape index (κ1) is 24.1.